The summed E-state index contributed by atoms with van der Waals surface area (Å²) in [6.07, 6.45) is 3.04. The van der Waals surface area contributed by atoms with Gasteiger partial charge in [0.1, 0.15) is 12.2 Å². The fourth-order valence-electron chi connectivity index (χ4n) is 2.76. The van der Waals surface area contributed by atoms with Crippen LogP contribution in [-0.4, -0.2) is 23.3 Å². The molecule has 0 spiro atoms. The number of carbonyl (C=O) groups excluding carboxylic acids is 1. The molecular formula is C23H22ClN3O4. The van der Waals surface area contributed by atoms with Gasteiger partial charge in [-0.15, -0.1) is 0 Å². The molecule has 0 saturated carbocycles. The van der Waals surface area contributed by atoms with Crippen LogP contribution in [0.1, 0.15) is 28.4 Å². The first-order chi connectivity index (χ1) is 15.0. The van der Waals surface area contributed by atoms with Gasteiger partial charge in [-0.1, -0.05) is 29.8 Å². The summed E-state index contributed by atoms with van der Waals surface area (Å²) in [6, 6.07) is 15.8. The van der Waals surface area contributed by atoms with Crippen LogP contribution in [-0.2, 0) is 13.7 Å². The molecule has 0 unspecified atom stereocenters. The van der Waals surface area contributed by atoms with Crippen LogP contribution in [0.2, 0.25) is 5.02 Å². The Morgan fingerprint density at radius 1 is 1.13 bits per heavy atom. The second kappa shape index (κ2) is 10.4. The number of aromatic nitrogens is 1. The highest BCUT2D eigenvalue weighted by atomic mass is 35.5. The van der Waals surface area contributed by atoms with E-state index in [-0.39, 0.29) is 5.56 Å². The summed E-state index contributed by atoms with van der Waals surface area (Å²) in [4.78, 5) is 24.2. The monoisotopic (exact) mass is 439 g/mol. The molecule has 0 radical (unpaired) electrons. The molecule has 2 aromatic carbocycles. The number of benzene rings is 2. The molecule has 1 N–H and O–H groups in total. The molecule has 1 aromatic heterocycles. The van der Waals surface area contributed by atoms with E-state index in [4.69, 9.17) is 21.1 Å². The minimum atomic E-state index is -0.581. The number of ether oxygens (including phenoxy) is 2. The summed E-state index contributed by atoms with van der Waals surface area (Å²) in [5.41, 5.74) is 3.54. The van der Waals surface area contributed by atoms with Crippen molar-refractivity contribution in [2.75, 3.05) is 6.61 Å². The highest BCUT2D eigenvalue weighted by Gasteiger charge is 2.10. The molecule has 0 saturated heterocycles. The van der Waals surface area contributed by atoms with Gasteiger partial charge in [0, 0.05) is 23.8 Å². The Morgan fingerprint density at radius 2 is 1.94 bits per heavy atom. The third-order valence-corrected chi connectivity index (χ3v) is 4.73. The van der Waals surface area contributed by atoms with Crippen LogP contribution >= 0.6 is 11.6 Å². The van der Waals surface area contributed by atoms with E-state index in [9.17, 15) is 9.59 Å². The normalized spacial score (nSPS) is 10.8. The lowest BCUT2D eigenvalue weighted by Crippen LogP contribution is -2.29. The topological polar surface area (TPSA) is 81.9 Å². The molecule has 0 bridgehead atoms. The van der Waals surface area contributed by atoms with E-state index in [1.807, 2.05) is 31.2 Å². The number of nitrogens with one attached hydrogen (secondary N) is 1. The predicted octanol–water partition coefficient (Wildman–Crippen LogP) is 3.78. The molecule has 0 aliphatic carbocycles. The van der Waals surface area contributed by atoms with Gasteiger partial charge >= 0.3 is 0 Å². The van der Waals surface area contributed by atoms with E-state index in [1.165, 1.54) is 16.8 Å². The number of amides is 1. The average molecular weight is 440 g/mol. The summed E-state index contributed by atoms with van der Waals surface area (Å²) in [7, 11) is 1.58. The SMILES string of the molecule is CCOc1cc(/C=N\NC(=O)c2cccn(C)c2=O)ccc1OCc1ccccc1Cl. The summed E-state index contributed by atoms with van der Waals surface area (Å²) in [5.74, 6) is 0.527. The number of nitrogens with zero attached hydrogens (tertiary/aromatic N) is 2. The Labute approximate surface area is 184 Å². The highest BCUT2D eigenvalue weighted by Crippen LogP contribution is 2.29. The fraction of sp³-hybridized carbons (Fsp3) is 0.174. The van der Waals surface area contributed by atoms with Gasteiger partial charge in [-0.2, -0.15) is 5.10 Å². The predicted molar refractivity (Wildman–Crippen MR) is 120 cm³/mol. The molecule has 0 atom stereocenters. The zero-order valence-electron chi connectivity index (χ0n) is 17.2. The van der Waals surface area contributed by atoms with Gasteiger partial charge < -0.3 is 14.0 Å². The van der Waals surface area contributed by atoms with Crippen molar-refractivity contribution in [1.82, 2.24) is 9.99 Å². The molecule has 8 heteroatoms. The maximum Gasteiger partial charge on any atom is 0.276 e. The molecule has 0 aliphatic rings. The molecule has 31 heavy (non-hydrogen) atoms. The van der Waals surface area contributed by atoms with Crippen molar-refractivity contribution < 1.29 is 14.3 Å². The molecule has 1 heterocycles. The lowest BCUT2D eigenvalue weighted by Gasteiger charge is -2.13. The number of carbonyl (C=O) groups is 1. The first-order valence-corrected chi connectivity index (χ1v) is 9.99. The number of hydrogen-bond donors (Lipinski definition) is 1. The molecule has 0 aliphatic heterocycles. The Balaban J connectivity index is 1.69. The molecule has 0 fully saturated rings. The number of pyridine rings is 1. The highest BCUT2D eigenvalue weighted by molar-refractivity contribution is 6.31. The zero-order valence-corrected chi connectivity index (χ0v) is 17.9. The quantitative estimate of drug-likeness (QED) is 0.427. The van der Waals surface area contributed by atoms with Crippen molar-refractivity contribution in [1.29, 1.82) is 0 Å². The minimum Gasteiger partial charge on any atom is -0.490 e. The molecule has 3 aromatic rings. The minimum absolute atomic E-state index is 0.0143. The molecule has 1 amide bonds. The largest absolute Gasteiger partial charge is 0.490 e. The Bertz CT molecular complexity index is 1160. The second-order valence-corrected chi connectivity index (χ2v) is 6.96. The van der Waals surface area contributed by atoms with Gasteiger partial charge in [-0.3, -0.25) is 9.59 Å². The van der Waals surface area contributed by atoms with Crippen molar-refractivity contribution in [3.8, 4) is 11.5 Å². The number of aryl methyl sites for hydroxylation is 1. The third-order valence-electron chi connectivity index (χ3n) is 4.36. The zero-order chi connectivity index (χ0) is 22.2. The molecular weight excluding hydrogens is 418 g/mol. The van der Waals surface area contributed by atoms with Crippen molar-refractivity contribution in [2.24, 2.45) is 12.1 Å². The van der Waals surface area contributed by atoms with Gasteiger partial charge in [-0.05, 0) is 48.9 Å². The molecule has 3 rings (SSSR count). The van der Waals surface area contributed by atoms with E-state index in [0.717, 1.165) is 5.56 Å². The van der Waals surface area contributed by atoms with E-state index in [0.29, 0.717) is 35.3 Å². The van der Waals surface area contributed by atoms with Gasteiger partial charge in [0.15, 0.2) is 11.5 Å². The van der Waals surface area contributed by atoms with Crippen LogP contribution in [0.25, 0.3) is 0 Å². The lowest BCUT2D eigenvalue weighted by atomic mass is 10.2. The number of hydrazone groups is 1. The fourth-order valence-corrected chi connectivity index (χ4v) is 2.95. The standard InChI is InChI=1S/C23H22ClN3O4/c1-3-30-21-13-16(10-11-20(21)31-15-17-7-4-5-9-19(17)24)14-25-26-22(28)18-8-6-12-27(2)23(18)29/h4-14H,3,15H2,1-2H3,(H,26,28)/b25-14-. The second-order valence-electron chi connectivity index (χ2n) is 6.56. The van der Waals surface area contributed by atoms with E-state index in [1.54, 1.807) is 37.5 Å². The maximum atomic E-state index is 12.2. The van der Waals surface area contributed by atoms with E-state index < -0.39 is 11.5 Å². The van der Waals surface area contributed by atoms with Crippen LogP contribution < -0.4 is 20.5 Å². The first-order valence-electron chi connectivity index (χ1n) is 9.61. The lowest BCUT2D eigenvalue weighted by molar-refractivity contribution is 0.0953. The van der Waals surface area contributed by atoms with Gasteiger partial charge in [0.2, 0.25) is 0 Å². The summed E-state index contributed by atoms with van der Waals surface area (Å²) in [5, 5.41) is 4.57. The summed E-state index contributed by atoms with van der Waals surface area (Å²) >= 11 is 6.18. The van der Waals surface area contributed by atoms with Crippen LogP contribution in [0.4, 0.5) is 0 Å². The van der Waals surface area contributed by atoms with Gasteiger partial charge in [-0.25, -0.2) is 5.43 Å². The Kier molecular flexibility index (Phi) is 7.45. The van der Waals surface area contributed by atoms with E-state index >= 15 is 0 Å². The van der Waals surface area contributed by atoms with Crippen molar-refractivity contribution in [3.05, 3.63) is 92.9 Å². The Hall–Kier alpha value is -3.58. The van der Waals surface area contributed by atoms with Crippen molar-refractivity contribution >= 4 is 23.7 Å². The van der Waals surface area contributed by atoms with Crippen molar-refractivity contribution in [2.45, 2.75) is 13.5 Å². The maximum absolute atomic E-state index is 12.2. The smallest absolute Gasteiger partial charge is 0.276 e. The Morgan fingerprint density at radius 3 is 2.71 bits per heavy atom. The third kappa shape index (κ3) is 5.73. The molecule has 7 nitrogen and oxygen atoms in total. The van der Waals surface area contributed by atoms with Crippen LogP contribution in [0.3, 0.4) is 0 Å². The van der Waals surface area contributed by atoms with Gasteiger partial charge in [0.25, 0.3) is 11.5 Å². The summed E-state index contributed by atoms with van der Waals surface area (Å²) < 4.78 is 12.9. The van der Waals surface area contributed by atoms with Crippen molar-refractivity contribution in [3.63, 3.8) is 0 Å². The van der Waals surface area contributed by atoms with Crippen LogP contribution in [0, 0.1) is 0 Å². The summed E-state index contributed by atoms with van der Waals surface area (Å²) in [6.45, 7) is 2.63. The van der Waals surface area contributed by atoms with Gasteiger partial charge in [0.05, 0.1) is 12.8 Å². The first kappa shape index (κ1) is 22.1. The average Bonchev–Trinajstić information content (AvgIpc) is 2.76. The van der Waals surface area contributed by atoms with E-state index in [2.05, 4.69) is 10.5 Å². The number of halogens is 1. The number of hydrogen-bond acceptors (Lipinski definition) is 5. The van der Waals surface area contributed by atoms with Crippen LogP contribution in [0.5, 0.6) is 11.5 Å². The number of rotatable bonds is 8. The molecule has 160 valence electrons. The van der Waals surface area contributed by atoms with Crippen LogP contribution in [0.15, 0.2) is 70.7 Å².